The maximum Gasteiger partial charge on any atom is 0.0748 e. The van der Waals surface area contributed by atoms with Gasteiger partial charge in [-0.15, -0.1) is 0 Å². The van der Waals surface area contributed by atoms with Crippen LogP contribution in [0.4, 0.5) is 0 Å². The van der Waals surface area contributed by atoms with Gasteiger partial charge in [-0.05, 0) is 43.5 Å². The van der Waals surface area contributed by atoms with E-state index in [-0.39, 0.29) is 0 Å². The lowest BCUT2D eigenvalue weighted by atomic mass is 10.0. The summed E-state index contributed by atoms with van der Waals surface area (Å²) in [7, 11) is 0. The number of likely N-dealkylation sites (tertiary alicyclic amines) is 1. The Morgan fingerprint density at radius 1 is 1.21 bits per heavy atom. The van der Waals surface area contributed by atoms with Crippen molar-refractivity contribution in [2.75, 3.05) is 13.1 Å². The third kappa shape index (κ3) is 3.09. The highest BCUT2D eigenvalue weighted by Crippen LogP contribution is 2.26. The van der Waals surface area contributed by atoms with Crippen LogP contribution < -0.4 is 16.6 Å². The smallest absolute Gasteiger partial charge is 0.0748 e. The van der Waals surface area contributed by atoms with Crippen molar-refractivity contribution in [1.82, 2.24) is 15.8 Å². The number of piperidine rings is 1. The minimum atomic E-state index is 0.324. The summed E-state index contributed by atoms with van der Waals surface area (Å²) >= 11 is 5.93. The molecular formula is C14H21ClN4. The zero-order chi connectivity index (χ0) is 13.2. The van der Waals surface area contributed by atoms with Crippen LogP contribution in [-0.4, -0.2) is 30.2 Å². The van der Waals surface area contributed by atoms with Gasteiger partial charge in [0, 0.05) is 23.7 Å². The molecule has 3 unspecified atom stereocenters. The van der Waals surface area contributed by atoms with Gasteiger partial charge in [0.1, 0.15) is 0 Å². The van der Waals surface area contributed by atoms with Gasteiger partial charge in [0.2, 0.25) is 0 Å². The molecule has 2 fully saturated rings. The normalized spacial score (nSPS) is 32.6. The molecule has 0 amide bonds. The predicted octanol–water partition coefficient (Wildman–Crippen LogP) is 1.63. The van der Waals surface area contributed by atoms with E-state index in [4.69, 9.17) is 17.3 Å². The molecule has 2 saturated heterocycles. The summed E-state index contributed by atoms with van der Waals surface area (Å²) in [5, 5.41) is 0.785. The Morgan fingerprint density at radius 2 is 2.00 bits per heavy atom. The highest BCUT2D eigenvalue weighted by atomic mass is 35.5. The molecule has 0 radical (unpaired) electrons. The van der Waals surface area contributed by atoms with Gasteiger partial charge in [-0.1, -0.05) is 23.7 Å². The molecule has 1 aromatic rings. The Bertz CT molecular complexity index is 422. The lowest BCUT2D eigenvalue weighted by Gasteiger charge is -2.34. The van der Waals surface area contributed by atoms with Crippen molar-refractivity contribution in [3.8, 4) is 0 Å². The van der Waals surface area contributed by atoms with Crippen molar-refractivity contribution in [2.24, 2.45) is 5.73 Å². The SMILES string of the molecule is NC1CCCN(C2CC(c3ccc(Cl)cc3)NN2)C1. The number of benzene rings is 1. The maximum atomic E-state index is 6.05. The van der Waals surface area contributed by atoms with Crippen LogP contribution >= 0.6 is 11.6 Å². The van der Waals surface area contributed by atoms with E-state index >= 15 is 0 Å². The summed E-state index contributed by atoms with van der Waals surface area (Å²) in [6.45, 7) is 2.13. The molecule has 0 bridgehead atoms. The number of nitrogens with one attached hydrogen (secondary N) is 2. The lowest BCUT2D eigenvalue weighted by Crippen LogP contribution is -2.52. The molecule has 4 N–H and O–H groups in total. The Hall–Kier alpha value is -0.650. The average Bonchev–Trinajstić information content (AvgIpc) is 2.89. The van der Waals surface area contributed by atoms with E-state index in [0.29, 0.717) is 18.2 Å². The monoisotopic (exact) mass is 280 g/mol. The number of hydrogen-bond acceptors (Lipinski definition) is 4. The van der Waals surface area contributed by atoms with E-state index in [9.17, 15) is 0 Å². The fourth-order valence-corrected chi connectivity index (χ4v) is 3.14. The number of nitrogens with two attached hydrogens (primary N) is 1. The highest BCUT2D eigenvalue weighted by Gasteiger charge is 2.31. The van der Waals surface area contributed by atoms with E-state index < -0.39 is 0 Å². The quantitative estimate of drug-likeness (QED) is 0.771. The second kappa shape index (κ2) is 5.77. The topological polar surface area (TPSA) is 53.3 Å². The molecule has 2 aliphatic rings. The molecule has 0 spiro atoms. The van der Waals surface area contributed by atoms with E-state index in [1.807, 2.05) is 12.1 Å². The van der Waals surface area contributed by atoms with Crippen molar-refractivity contribution >= 4 is 11.6 Å². The fourth-order valence-electron chi connectivity index (χ4n) is 3.02. The first-order valence-corrected chi connectivity index (χ1v) is 7.36. The van der Waals surface area contributed by atoms with E-state index in [2.05, 4.69) is 27.9 Å². The van der Waals surface area contributed by atoms with Crippen molar-refractivity contribution in [2.45, 2.75) is 37.5 Å². The summed E-state index contributed by atoms with van der Waals surface area (Å²) in [4.78, 5) is 2.46. The number of hydrazine groups is 1. The number of halogens is 1. The molecular weight excluding hydrogens is 260 g/mol. The van der Waals surface area contributed by atoms with Gasteiger partial charge in [-0.2, -0.15) is 0 Å². The molecule has 0 saturated carbocycles. The summed E-state index contributed by atoms with van der Waals surface area (Å²) in [6.07, 6.45) is 3.79. The Balaban J connectivity index is 1.62. The van der Waals surface area contributed by atoms with Crippen LogP contribution in [0.5, 0.6) is 0 Å². The fraction of sp³-hybridized carbons (Fsp3) is 0.571. The second-order valence-corrected chi connectivity index (χ2v) is 5.98. The van der Waals surface area contributed by atoms with Crippen LogP contribution in [0.3, 0.4) is 0 Å². The molecule has 19 heavy (non-hydrogen) atoms. The van der Waals surface area contributed by atoms with Crippen molar-refractivity contribution in [3.63, 3.8) is 0 Å². The Morgan fingerprint density at radius 3 is 2.74 bits per heavy atom. The summed E-state index contributed by atoms with van der Waals surface area (Å²) in [6, 6.07) is 8.74. The van der Waals surface area contributed by atoms with Crippen LogP contribution in [0.25, 0.3) is 0 Å². The third-order valence-electron chi connectivity index (χ3n) is 4.09. The van der Waals surface area contributed by atoms with Crippen LogP contribution in [0.15, 0.2) is 24.3 Å². The molecule has 104 valence electrons. The zero-order valence-electron chi connectivity index (χ0n) is 11.0. The highest BCUT2D eigenvalue weighted by molar-refractivity contribution is 6.30. The van der Waals surface area contributed by atoms with Gasteiger partial charge >= 0.3 is 0 Å². The van der Waals surface area contributed by atoms with Gasteiger partial charge in [-0.25, -0.2) is 10.9 Å². The third-order valence-corrected chi connectivity index (χ3v) is 4.34. The summed E-state index contributed by atoms with van der Waals surface area (Å²) in [5.41, 5.74) is 14.1. The second-order valence-electron chi connectivity index (χ2n) is 5.54. The van der Waals surface area contributed by atoms with Gasteiger partial charge in [0.25, 0.3) is 0 Å². The van der Waals surface area contributed by atoms with E-state index in [0.717, 1.165) is 31.0 Å². The van der Waals surface area contributed by atoms with Gasteiger partial charge < -0.3 is 5.73 Å². The number of rotatable bonds is 2. The van der Waals surface area contributed by atoms with Crippen LogP contribution in [-0.2, 0) is 0 Å². The van der Waals surface area contributed by atoms with Gasteiger partial charge in [-0.3, -0.25) is 4.90 Å². The van der Waals surface area contributed by atoms with E-state index in [1.165, 1.54) is 12.0 Å². The molecule has 2 heterocycles. The first kappa shape index (κ1) is 13.3. The van der Waals surface area contributed by atoms with E-state index in [1.54, 1.807) is 0 Å². The molecule has 3 rings (SSSR count). The molecule has 0 aromatic heterocycles. The van der Waals surface area contributed by atoms with Crippen LogP contribution in [0, 0.1) is 0 Å². The zero-order valence-corrected chi connectivity index (χ0v) is 11.7. The number of nitrogens with zero attached hydrogens (tertiary/aromatic N) is 1. The number of hydrogen-bond donors (Lipinski definition) is 3. The minimum Gasteiger partial charge on any atom is -0.327 e. The largest absolute Gasteiger partial charge is 0.327 e. The van der Waals surface area contributed by atoms with Gasteiger partial charge in [0.05, 0.1) is 6.17 Å². The van der Waals surface area contributed by atoms with Crippen LogP contribution in [0.1, 0.15) is 30.9 Å². The minimum absolute atomic E-state index is 0.324. The van der Waals surface area contributed by atoms with Crippen molar-refractivity contribution < 1.29 is 0 Å². The molecule has 0 aliphatic carbocycles. The average molecular weight is 281 g/mol. The van der Waals surface area contributed by atoms with Gasteiger partial charge in [0.15, 0.2) is 0 Å². The lowest BCUT2D eigenvalue weighted by molar-refractivity contribution is 0.133. The van der Waals surface area contributed by atoms with Crippen molar-refractivity contribution in [1.29, 1.82) is 0 Å². The molecule has 5 heteroatoms. The first-order valence-electron chi connectivity index (χ1n) is 6.98. The Labute approximate surface area is 119 Å². The molecule has 1 aromatic carbocycles. The van der Waals surface area contributed by atoms with Crippen molar-refractivity contribution in [3.05, 3.63) is 34.9 Å². The first-order chi connectivity index (χ1) is 9.22. The predicted molar refractivity (Wildman–Crippen MR) is 77.7 cm³/mol. The summed E-state index contributed by atoms with van der Waals surface area (Å²) < 4.78 is 0. The molecule has 3 atom stereocenters. The molecule has 2 aliphatic heterocycles. The standard InChI is InChI=1S/C14H21ClN4/c15-11-5-3-10(4-6-11)13-8-14(18-17-13)19-7-1-2-12(16)9-19/h3-6,12-14,17-18H,1-2,7-9,16H2. The summed E-state index contributed by atoms with van der Waals surface area (Å²) in [5.74, 6) is 0. The molecule has 4 nitrogen and oxygen atoms in total. The van der Waals surface area contributed by atoms with Crippen LogP contribution in [0.2, 0.25) is 5.02 Å². The Kier molecular flexibility index (Phi) is 4.05. The maximum absolute atomic E-state index is 6.05.